The summed E-state index contributed by atoms with van der Waals surface area (Å²) >= 11 is 0. The number of ether oxygens (including phenoxy) is 1. The lowest BCUT2D eigenvalue weighted by Crippen LogP contribution is -2.41. The van der Waals surface area contributed by atoms with Crippen LogP contribution in [0.25, 0.3) is 0 Å². The van der Waals surface area contributed by atoms with Crippen molar-refractivity contribution in [3.05, 3.63) is 53.1 Å². The maximum atomic E-state index is 12.8. The Morgan fingerprint density at radius 1 is 1.16 bits per heavy atom. The van der Waals surface area contributed by atoms with Crippen LogP contribution in [0.1, 0.15) is 35.6 Å². The van der Waals surface area contributed by atoms with Gasteiger partial charge < -0.3 is 9.64 Å². The number of aryl methyl sites for hydroxylation is 4. The Labute approximate surface area is 187 Å². The first-order valence-corrected chi connectivity index (χ1v) is 10.9. The van der Waals surface area contributed by atoms with E-state index in [0.29, 0.717) is 24.9 Å². The molecule has 9 nitrogen and oxygen atoms in total. The van der Waals surface area contributed by atoms with Gasteiger partial charge in [-0.3, -0.25) is 15.2 Å². The smallest absolute Gasteiger partial charge is 0.248 e. The summed E-state index contributed by atoms with van der Waals surface area (Å²) in [6.45, 7) is 5.36. The Hall–Kier alpha value is -3.49. The number of aromatic nitrogens is 5. The summed E-state index contributed by atoms with van der Waals surface area (Å²) in [4.78, 5) is 28.4. The van der Waals surface area contributed by atoms with Crippen LogP contribution in [0.15, 0.2) is 30.3 Å². The molecule has 1 saturated heterocycles. The van der Waals surface area contributed by atoms with E-state index >= 15 is 0 Å². The van der Waals surface area contributed by atoms with Crippen molar-refractivity contribution in [2.75, 3.05) is 30.4 Å². The van der Waals surface area contributed by atoms with Crippen molar-refractivity contribution in [1.82, 2.24) is 25.1 Å². The molecule has 1 aromatic carbocycles. The van der Waals surface area contributed by atoms with Crippen LogP contribution < -0.4 is 15.0 Å². The lowest BCUT2D eigenvalue weighted by Gasteiger charge is -2.32. The molecule has 0 radical (unpaired) electrons. The number of nitrogens with zero attached hydrogens (tertiary/aromatic N) is 5. The largest absolute Gasteiger partial charge is 0.497 e. The predicted molar refractivity (Wildman–Crippen MR) is 122 cm³/mol. The van der Waals surface area contributed by atoms with Crippen LogP contribution in [0.5, 0.6) is 5.75 Å². The average Bonchev–Trinajstić information content (AvgIpc) is 3.24. The zero-order chi connectivity index (χ0) is 22.5. The van der Waals surface area contributed by atoms with Crippen LogP contribution in [0.2, 0.25) is 0 Å². The van der Waals surface area contributed by atoms with Crippen molar-refractivity contribution in [2.24, 2.45) is 5.92 Å². The molecular formula is C23H29N7O2. The Balaban J connectivity index is 1.32. The molecule has 2 aromatic heterocycles. The Morgan fingerprint density at radius 2 is 1.91 bits per heavy atom. The van der Waals surface area contributed by atoms with Crippen LogP contribution in [-0.2, 0) is 17.6 Å². The highest BCUT2D eigenvalue weighted by Gasteiger charge is 2.28. The number of amides is 1. The molecule has 0 bridgehead atoms. The highest BCUT2D eigenvalue weighted by Crippen LogP contribution is 2.22. The molecule has 1 aliphatic heterocycles. The third-order valence-electron chi connectivity index (χ3n) is 5.62. The average molecular weight is 436 g/mol. The summed E-state index contributed by atoms with van der Waals surface area (Å²) in [6, 6.07) is 9.90. The fraction of sp³-hybridized carbons (Fsp3) is 0.435. The third-order valence-corrected chi connectivity index (χ3v) is 5.62. The van der Waals surface area contributed by atoms with E-state index in [-0.39, 0.29) is 11.8 Å². The van der Waals surface area contributed by atoms with E-state index in [4.69, 9.17) is 4.74 Å². The molecule has 1 amide bonds. The molecule has 3 aromatic rings. The molecule has 1 atom stereocenters. The summed E-state index contributed by atoms with van der Waals surface area (Å²) in [6.07, 6.45) is 3.26. The first-order valence-electron chi connectivity index (χ1n) is 10.9. The van der Waals surface area contributed by atoms with Crippen molar-refractivity contribution in [1.29, 1.82) is 0 Å². The zero-order valence-corrected chi connectivity index (χ0v) is 18.8. The monoisotopic (exact) mass is 435 g/mol. The maximum absolute atomic E-state index is 12.8. The second-order valence-electron chi connectivity index (χ2n) is 8.18. The molecule has 3 heterocycles. The summed E-state index contributed by atoms with van der Waals surface area (Å²) in [5.41, 5.74) is 3.05. The number of methoxy groups -OCH3 is 1. The van der Waals surface area contributed by atoms with Crippen LogP contribution in [-0.4, -0.2) is 51.3 Å². The number of H-pyrrole nitrogens is 1. The molecule has 168 valence electrons. The number of carbonyl (C=O) groups excluding carboxylic acids is 1. The number of hydrogen-bond acceptors (Lipinski definition) is 7. The second kappa shape index (κ2) is 9.76. The molecule has 1 fully saturated rings. The normalized spacial score (nSPS) is 16.1. The SMILES string of the molecule is COc1ccc(CCc2nc(NC(=O)C3CCCN(c4nc(C)cc(C)n4)C3)n[nH]2)cc1. The first-order chi connectivity index (χ1) is 15.5. The fourth-order valence-electron chi connectivity index (χ4n) is 3.95. The molecule has 0 saturated carbocycles. The summed E-state index contributed by atoms with van der Waals surface area (Å²) in [5, 5.41) is 9.95. The van der Waals surface area contributed by atoms with Gasteiger partial charge in [0.15, 0.2) is 0 Å². The maximum Gasteiger partial charge on any atom is 0.248 e. The number of benzene rings is 1. The molecule has 2 N–H and O–H groups in total. The molecule has 0 aliphatic carbocycles. The van der Waals surface area contributed by atoms with Crippen LogP contribution in [0, 0.1) is 19.8 Å². The highest BCUT2D eigenvalue weighted by atomic mass is 16.5. The molecule has 32 heavy (non-hydrogen) atoms. The van der Waals surface area contributed by atoms with Crippen LogP contribution in [0.4, 0.5) is 11.9 Å². The van der Waals surface area contributed by atoms with E-state index < -0.39 is 0 Å². The molecule has 1 unspecified atom stereocenters. The standard InChI is InChI=1S/C23H29N7O2/c1-15-13-16(2)25-23(24-15)30-12-4-5-18(14-30)21(31)27-22-26-20(28-29-22)11-8-17-6-9-19(32-3)10-7-17/h6-7,9-10,13,18H,4-5,8,11-12,14H2,1-3H3,(H2,26,27,28,29,31). The van der Waals surface area contributed by atoms with E-state index in [0.717, 1.165) is 48.8 Å². The van der Waals surface area contributed by atoms with Crippen molar-refractivity contribution < 1.29 is 9.53 Å². The van der Waals surface area contributed by atoms with Crippen LogP contribution in [0.3, 0.4) is 0 Å². The molecule has 1 aliphatic rings. The van der Waals surface area contributed by atoms with Crippen molar-refractivity contribution in [3.63, 3.8) is 0 Å². The van der Waals surface area contributed by atoms with Crippen molar-refractivity contribution >= 4 is 17.8 Å². The van der Waals surface area contributed by atoms with Gasteiger partial charge in [-0.05, 0) is 56.9 Å². The molecule has 4 rings (SSSR count). The van der Waals surface area contributed by atoms with E-state index in [1.54, 1.807) is 7.11 Å². The lowest BCUT2D eigenvalue weighted by atomic mass is 9.97. The fourth-order valence-corrected chi connectivity index (χ4v) is 3.95. The number of anilines is 2. The molecular weight excluding hydrogens is 406 g/mol. The van der Waals surface area contributed by atoms with E-state index in [2.05, 4.69) is 35.4 Å². The lowest BCUT2D eigenvalue weighted by molar-refractivity contribution is -0.120. The van der Waals surface area contributed by atoms with Crippen LogP contribution >= 0.6 is 0 Å². The van der Waals surface area contributed by atoms with E-state index in [1.807, 2.05) is 44.2 Å². The van der Waals surface area contributed by atoms with Gasteiger partial charge in [0.1, 0.15) is 11.6 Å². The topological polar surface area (TPSA) is 109 Å². The van der Waals surface area contributed by atoms with Crippen molar-refractivity contribution in [3.8, 4) is 5.75 Å². The number of hydrogen-bond donors (Lipinski definition) is 2. The van der Waals surface area contributed by atoms with Gasteiger partial charge in [0, 0.05) is 30.9 Å². The summed E-state index contributed by atoms with van der Waals surface area (Å²) < 4.78 is 5.19. The summed E-state index contributed by atoms with van der Waals surface area (Å²) in [7, 11) is 1.65. The predicted octanol–water partition coefficient (Wildman–Crippen LogP) is 2.86. The van der Waals surface area contributed by atoms with Crippen molar-refractivity contribution in [2.45, 2.75) is 39.5 Å². The second-order valence-corrected chi connectivity index (χ2v) is 8.18. The molecule has 9 heteroatoms. The minimum Gasteiger partial charge on any atom is -0.497 e. The molecule has 0 spiro atoms. The third kappa shape index (κ3) is 5.40. The number of nitrogens with one attached hydrogen (secondary N) is 2. The number of rotatable bonds is 7. The zero-order valence-electron chi connectivity index (χ0n) is 18.8. The first kappa shape index (κ1) is 21.7. The van der Waals surface area contributed by atoms with Gasteiger partial charge in [0.2, 0.25) is 17.8 Å². The minimum atomic E-state index is -0.158. The quantitative estimate of drug-likeness (QED) is 0.587. The number of piperidine rings is 1. The Kier molecular flexibility index (Phi) is 6.63. The van der Waals surface area contributed by atoms with Gasteiger partial charge in [0.05, 0.1) is 13.0 Å². The van der Waals surface area contributed by atoms with Gasteiger partial charge in [-0.25, -0.2) is 9.97 Å². The Morgan fingerprint density at radius 3 is 2.62 bits per heavy atom. The minimum absolute atomic E-state index is 0.0696. The van der Waals surface area contributed by atoms with E-state index in [9.17, 15) is 4.79 Å². The number of aromatic amines is 1. The van der Waals surface area contributed by atoms with Gasteiger partial charge in [-0.2, -0.15) is 4.98 Å². The van der Waals surface area contributed by atoms with Gasteiger partial charge in [-0.1, -0.05) is 12.1 Å². The van der Waals surface area contributed by atoms with Gasteiger partial charge in [0.25, 0.3) is 0 Å². The number of carbonyl (C=O) groups is 1. The highest BCUT2D eigenvalue weighted by molar-refractivity contribution is 5.91. The van der Waals surface area contributed by atoms with Gasteiger partial charge in [-0.15, -0.1) is 5.10 Å². The Bertz CT molecular complexity index is 1040. The summed E-state index contributed by atoms with van der Waals surface area (Å²) in [5.74, 6) is 2.36. The van der Waals surface area contributed by atoms with Gasteiger partial charge >= 0.3 is 0 Å². The van der Waals surface area contributed by atoms with E-state index in [1.165, 1.54) is 5.56 Å².